The van der Waals surface area contributed by atoms with Crippen LogP contribution in [0, 0.1) is 0 Å². The van der Waals surface area contributed by atoms with Crippen LogP contribution in [0.1, 0.15) is 200 Å². The van der Waals surface area contributed by atoms with Gasteiger partial charge in [0.25, 0.3) is 7.82 Å². The van der Waals surface area contributed by atoms with E-state index in [-0.39, 0.29) is 19.1 Å². The molecule has 0 radical (unpaired) electrons. The number of phosphoric ester groups is 1. The smallest absolute Gasteiger partial charge is 0.268 e. The molecule has 0 saturated carbocycles. The minimum Gasteiger partial charge on any atom is -0.756 e. The highest BCUT2D eigenvalue weighted by Crippen LogP contribution is 2.38. The molecule has 8 nitrogen and oxygen atoms in total. The van der Waals surface area contributed by atoms with Crippen LogP contribution in [0.25, 0.3) is 0 Å². The summed E-state index contributed by atoms with van der Waals surface area (Å²) in [4.78, 5) is 25.2. The van der Waals surface area contributed by atoms with E-state index in [2.05, 4.69) is 19.2 Å². The fourth-order valence-electron chi connectivity index (χ4n) is 6.22. The van der Waals surface area contributed by atoms with Crippen LogP contribution < -0.4 is 10.2 Å². The minimum atomic E-state index is -4.55. The van der Waals surface area contributed by atoms with Crippen LogP contribution in [-0.2, 0) is 18.4 Å². The van der Waals surface area contributed by atoms with Crippen LogP contribution in [0.2, 0.25) is 0 Å². The Kier molecular flexibility index (Phi) is 33.0. The summed E-state index contributed by atoms with van der Waals surface area (Å²) in [6, 6.07) is -0.791. The third-order valence-electron chi connectivity index (χ3n) is 9.60. The Hall–Kier alpha value is -0.500. The average Bonchev–Trinajstić information content (AvgIpc) is 3.04. The summed E-state index contributed by atoms with van der Waals surface area (Å²) >= 11 is 0. The SMILES string of the molecule is CCCCCCCCCCCCCCCC[C@@H](O)[C@H](COP(=O)([O-])OCC[N+](C)(C)C)NC(=O)CCCCCCCCCCCCCCC. The molecule has 0 aliphatic rings. The molecule has 9 heteroatoms. The molecule has 0 heterocycles. The van der Waals surface area contributed by atoms with Gasteiger partial charge in [-0.15, -0.1) is 0 Å². The van der Waals surface area contributed by atoms with Crippen molar-refractivity contribution in [3.63, 3.8) is 0 Å². The van der Waals surface area contributed by atoms with Crippen LogP contribution >= 0.6 is 7.82 Å². The third kappa shape index (κ3) is 35.7. The van der Waals surface area contributed by atoms with E-state index < -0.39 is 20.0 Å². The molecule has 2 N–H and O–H groups in total. The molecule has 49 heavy (non-hydrogen) atoms. The Morgan fingerprint density at radius 2 is 1.00 bits per heavy atom. The zero-order valence-electron chi connectivity index (χ0n) is 33.2. The first kappa shape index (κ1) is 48.5. The highest BCUT2D eigenvalue weighted by molar-refractivity contribution is 7.45. The van der Waals surface area contributed by atoms with Gasteiger partial charge in [0.2, 0.25) is 5.91 Å². The lowest BCUT2D eigenvalue weighted by Gasteiger charge is -2.30. The van der Waals surface area contributed by atoms with E-state index in [9.17, 15) is 19.4 Å². The molecule has 0 spiro atoms. The van der Waals surface area contributed by atoms with Gasteiger partial charge in [-0.25, -0.2) is 0 Å². The highest BCUT2D eigenvalue weighted by Gasteiger charge is 2.24. The lowest BCUT2D eigenvalue weighted by Crippen LogP contribution is -2.46. The zero-order chi connectivity index (χ0) is 36.5. The first-order valence-electron chi connectivity index (χ1n) is 20.9. The maximum atomic E-state index is 12.8. The van der Waals surface area contributed by atoms with Gasteiger partial charge < -0.3 is 28.8 Å². The quantitative estimate of drug-likeness (QED) is 0.0374. The first-order valence-corrected chi connectivity index (χ1v) is 22.3. The molecule has 0 aliphatic carbocycles. The molecule has 1 unspecified atom stereocenters. The van der Waals surface area contributed by atoms with E-state index in [1.165, 1.54) is 135 Å². The Bertz CT molecular complexity index is 778. The number of hydrogen-bond acceptors (Lipinski definition) is 6. The van der Waals surface area contributed by atoms with Gasteiger partial charge in [0.1, 0.15) is 13.2 Å². The van der Waals surface area contributed by atoms with E-state index >= 15 is 0 Å². The van der Waals surface area contributed by atoms with Crippen LogP contribution in [0.4, 0.5) is 0 Å². The van der Waals surface area contributed by atoms with E-state index in [1.807, 2.05) is 21.1 Å². The first-order chi connectivity index (χ1) is 23.5. The molecule has 0 saturated heterocycles. The Labute approximate surface area is 304 Å². The summed E-state index contributed by atoms with van der Waals surface area (Å²) in [5.41, 5.74) is 0. The van der Waals surface area contributed by atoms with Gasteiger partial charge in [-0.1, -0.05) is 181 Å². The number of quaternary nitrogens is 1. The summed E-state index contributed by atoms with van der Waals surface area (Å²) in [6.07, 6.45) is 33.8. The normalized spacial score (nSPS) is 14.5. The number of phosphoric acid groups is 1. The van der Waals surface area contributed by atoms with Crippen molar-refractivity contribution in [2.75, 3.05) is 40.9 Å². The lowest BCUT2D eigenvalue weighted by atomic mass is 10.0. The highest BCUT2D eigenvalue weighted by atomic mass is 31.2. The molecule has 0 aliphatic heterocycles. The van der Waals surface area contributed by atoms with Crippen molar-refractivity contribution in [1.82, 2.24) is 5.32 Å². The fraction of sp³-hybridized carbons (Fsp3) is 0.975. The van der Waals surface area contributed by atoms with Crippen molar-refractivity contribution < 1.29 is 32.9 Å². The molecule has 294 valence electrons. The summed E-state index contributed by atoms with van der Waals surface area (Å²) in [5, 5.41) is 13.9. The molecule has 0 aromatic heterocycles. The van der Waals surface area contributed by atoms with Gasteiger partial charge in [0, 0.05) is 6.42 Å². The minimum absolute atomic E-state index is 0.0158. The summed E-state index contributed by atoms with van der Waals surface area (Å²) in [6.45, 7) is 4.72. The summed E-state index contributed by atoms with van der Waals surface area (Å²) in [5.74, 6) is -0.164. The molecule has 0 fully saturated rings. The number of aliphatic hydroxyl groups is 1. The number of likely N-dealkylation sites (N-methyl/N-ethyl adjacent to an activating group) is 1. The topological polar surface area (TPSA) is 108 Å². The summed E-state index contributed by atoms with van der Waals surface area (Å²) in [7, 11) is 1.31. The van der Waals surface area contributed by atoms with Gasteiger partial charge >= 0.3 is 0 Å². The van der Waals surface area contributed by atoms with E-state index in [1.54, 1.807) is 0 Å². The van der Waals surface area contributed by atoms with Crippen LogP contribution in [-0.4, -0.2) is 68.5 Å². The van der Waals surface area contributed by atoms with Crippen molar-refractivity contribution in [2.24, 2.45) is 0 Å². The standard InChI is InChI=1S/C40H83N2O6P/c1-6-8-10-12-14-16-18-20-22-23-25-27-29-31-33-39(43)38(37-48-49(45,46)47-36-35-42(3,4)5)41-40(44)34-32-30-28-26-24-21-19-17-15-13-11-9-7-2/h38-39,43H,6-37H2,1-5H3,(H-,41,44,45,46)/t38-,39+/m0/s1. The second kappa shape index (κ2) is 33.3. The Balaban J connectivity index is 4.39. The monoisotopic (exact) mass is 719 g/mol. The molecule has 1 amide bonds. The third-order valence-corrected chi connectivity index (χ3v) is 10.6. The number of carbonyl (C=O) groups excluding carboxylic acids is 1. The van der Waals surface area contributed by atoms with Crippen molar-refractivity contribution in [1.29, 1.82) is 0 Å². The second-order valence-electron chi connectivity index (χ2n) is 15.7. The van der Waals surface area contributed by atoms with Gasteiger partial charge in [-0.3, -0.25) is 9.36 Å². The van der Waals surface area contributed by atoms with Gasteiger partial charge in [0.15, 0.2) is 0 Å². The predicted molar refractivity (Wildman–Crippen MR) is 206 cm³/mol. The van der Waals surface area contributed by atoms with E-state index in [4.69, 9.17) is 9.05 Å². The number of amides is 1. The zero-order valence-corrected chi connectivity index (χ0v) is 34.1. The van der Waals surface area contributed by atoms with Crippen LogP contribution in [0.5, 0.6) is 0 Å². The Morgan fingerprint density at radius 3 is 1.39 bits per heavy atom. The maximum Gasteiger partial charge on any atom is 0.268 e. The maximum absolute atomic E-state index is 12.8. The van der Waals surface area contributed by atoms with Crippen molar-refractivity contribution in [2.45, 2.75) is 212 Å². The number of rotatable bonds is 38. The molecule has 0 bridgehead atoms. The van der Waals surface area contributed by atoms with Crippen molar-refractivity contribution in [3.8, 4) is 0 Å². The summed E-state index contributed by atoms with van der Waals surface area (Å²) < 4.78 is 23.2. The van der Waals surface area contributed by atoms with Crippen molar-refractivity contribution >= 4 is 13.7 Å². The molecular formula is C40H83N2O6P. The van der Waals surface area contributed by atoms with E-state index in [0.29, 0.717) is 23.9 Å². The number of nitrogens with one attached hydrogen (secondary N) is 1. The van der Waals surface area contributed by atoms with E-state index in [0.717, 1.165) is 38.5 Å². The number of nitrogens with zero attached hydrogens (tertiary/aromatic N) is 1. The molecular weight excluding hydrogens is 635 g/mol. The Morgan fingerprint density at radius 1 is 0.633 bits per heavy atom. The number of hydrogen-bond donors (Lipinski definition) is 2. The van der Waals surface area contributed by atoms with Gasteiger partial charge in [-0.05, 0) is 12.8 Å². The molecule has 0 aromatic carbocycles. The van der Waals surface area contributed by atoms with Crippen molar-refractivity contribution in [3.05, 3.63) is 0 Å². The van der Waals surface area contributed by atoms with Gasteiger partial charge in [-0.2, -0.15) is 0 Å². The lowest BCUT2D eigenvalue weighted by molar-refractivity contribution is -0.870. The molecule has 0 rings (SSSR count). The van der Waals surface area contributed by atoms with Crippen LogP contribution in [0.15, 0.2) is 0 Å². The average molecular weight is 719 g/mol. The van der Waals surface area contributed by atoms with Gasteiger partial charge in [0.05, 0.1) is 39.9 Å². The second-order valence-corrected chi connectivity index (χ2v) is 17.1. The predicted octanol–water partition coefficient (Wildman–Crippen LogP) is 10.4. The molecule has 0 aromatic rings. The molecule has 3 atom stereocenters. The number of carbonyl (C=O) groups is 1. The van der Waals surface area contributed by atoms with Crippen LogP contribution in [0.3, 0.4) is 0 Å². The fourth-order valence-corrected chi connectivity index (χ4v) is 6.94. The largest absolute Gasteiger partial charge is 0.756 e. The number of aliphatic hydroxyl groups excluding tert-OH is 1. The number of unbranched alkanes of at least 4 members (excludes halogenated alkanes) is 25.